The smallest absolute Gasteiger partial charge is 0.335 e. The Kier molecular flexibility index (Phi) is 5.30. The van der Waals surface area contributed by atoms with Crippen molar-refractivity contribution >= 4 is 29.2 Å². The van der Waals surface area contributed by atoms with Gasteiger partial charge in [0, 0.05) is 29.0 Å². The molecule has 0 aromatic heterocycles. The van der Waals surface area contributed by atoms with Crippen LogP contribution in [0.2, 0.25) is 0 Å². The Labute approximate surface area is 173 Å². The average molecular weight is 400 g/mol. The fourth-order valence-corrected chi connectivity index (χ4v) is 3.56. The maximum absolute atomic E-state index is 13.0. The lowest BCUT2D eigenvalue weighted by Crippen LogP contribution is -2.35. The third-order valence-corrected chi connectivity index (χ3v) is 5.14. The van der Waals surface area contributed by atoms with Gasteiger partial charge in [-0.15, -0.1) is 0 Å². The molecule has 0 radical (unpaired) electrons. The maximum atomic E-state index is 13.0. The van der Waals surface area contributed by atoms with Crippen molar-refractivity contribution in [1.82, 2.24) is 0 Å². The Bertz CT molecular complexity index is 1100. The molecule has 150 valence electrons. The highest BCUT2D eigenvalue weighted by Crippen LogP contribution is 2.28. The minimum atomic E-state index is -1.04. The lowest BCUT2D eigenvalue weighted by Gasteiger charge is -2.29. The first kappa shape index (κ1) is 19.4. The molecule has 4 rings (SSSR count). The second-order valence-corrected chi connectivity index (χ2v) is 7.10. The van der Waals surface area contributed by atoms with Gasteiger partial charge in [-0.1, -0.05) is 18.2 Å². The van der Waals surface area contributed by atoms with E-state index >= 15 is 0 Å². The Morgan fingerprint density at radius 1 is 0.800 bits per heavy atom. The van der Waals surface area contributed by atoms with Gasteiger partial charge in [-0.25, -0.2) is 4.79 Å². The van der Waals surface area contributed by atoms with E-state index in [2.05, 4.69) is 11.4 Å². The van der Waals surface area contributed by atoms with E-state index in [9.17, 15) is 14.4 Å². The number of carboxylic acid groups (broad SMARTS) is 1. The molecular weight excluding hydrogens is 380 g/mol. The second kappa shape index (κ2) is 8.21. The molecule has 3 aromatic rings. The number of nitrogens with one attached hydrogen (secondary N) is 1. The maximum Gasteiger partial charge on any atom is 0.335 e. The molecule has 2 N–H and O–H groups in total. The summed E-state index contributed by atoms with van der Waals surface area (Å²) in [6, 6.07) is 20.4. The van der Waals surface area contributed by atoms with Crippen LogP contribution >= 0.6 is 0 Å². The van der Waals surface area contributed by atoms with Crippen LogP contribution in [0.25, 0.3) is 0 Å². The number of nitrogens with zero attached hydrogens (tertiary/aromatic N) is 1. The number of aromatic carboxylic acids is 1. The van der Waals surface area contributed by atoms with E-state index in [1.807, 2.05) is 18.2 Å². The van der Waals surface area contributed by atoms with Crippen molar-refractivity contribution in [2.75, 3.05) is 16.8 Å². The zero-order valence-electron chi connectivity index (χ0n) is 16.2. The van der Waals surface area contributed by atoms with Crippen LogP contribution in [0.3, 0.4) is 0 Å². The number of benzene rings is 3. The average Bonchev–Trinajstić information content (AvgIpc) is 2.78. The van der Waals surface area contributed by atoms with Crippen molar-refractivity contribution < 1.29 is 19.5 Å². The first-order chi connectivity index (χ1) is 14.5. The van der Waals surface area contributed by atoms with Crippen molar-refractivity contribution in [2.24, 2.45) is 0 Å². The summed E-state index contributed by atoms with van der Waals surface area (Å²) in [4.78, 5) is 38.1. The highest BCUT2D eigenvalue weighted by molar-refractivity contribution is 6.08. The predicted octanol–water partition coefficient (Wildman–Crippen LogP) is 4.23. The number of hydrogen-bond donors (Lipinski definition) is 2. The zero-order valence-corrected chi connectivity index (χ0v) is 16.2. The van der Waals surface area contributed by atoms with Gasteiger partial charge < -0.3 is 15.3 Å². The minimum Gasteiger partial charge on any atom is -0.478 e. The largest absolute Gasteiger partial charge is 0.478 e. The lowest BCUT2D eigenvalue weighted by atomic mass is 10.0. The van der Waals surface area contributed by atoms with E-state index in [0.29, 0.717) is 23.4 Å². The molecule has 30 heavy (non-hydrogen) atoms. The molecule has 3 aromatic carbocycles. The van der Waals surface area contributed by atoms with Crippen LogP contribution in [-0.4, -0.2) is 29.4 Å². The summed E-state index contributed by atoms with van der Waals surface area (Å²) in [5, 5.41) is 11.7. The number of anilines is 2. The predicted molar refractivity (Wildman–Crippen MR) is 114 cm³/mol. The van der Waals surface area contributed by atoms with Gasteiger partial charge in [0.05, 0.1) is 5.56 Å². The number of rotatable bonds is 4. The van der Waals surface area contributed by atoms with Crippen LogP contribution in [0.4, 0.5) is 11.4 Å². The van der Waals surface area contributed by atoms with Gasteiger partial charge in [0.1, 0.15) is 0 Å². The molecule has 0 saturated heterocycles. The van der Waals surface area contributed by atoms with Gasteiger partial charge in [-0.05, 0) is 73.0 Å². The third kappa shape index (κ3) is 3.93. The van der Waals surface area contributed by atoms with Crippen molar-refractivity contribution in [3.05, 3.63) is 95.1 Å². The number of aryl methyl sites for hydroxylation is 1. The van der Waals surface area contributed by atoms with Gasteiger partial charge in [0.2, 0.25) is 0 Å². The van der Waals surface area contributed by atoms with Crippen LogP contribution in [0.1, 0.15) is 43.1 Å². The zero-order chi connectivity index (χ0) is 21.1. The van der Waals surface area contributed by atoms with E-state index in [1.54, 1.807) is 29.2 Å². The minimum absolute atomic E-state index is 0.0655. The quantitative estimate of drug-likeness (QED) is 0.686. The molecule has 0 atom stereocenters. The first-order valence-electron chi connectivity index (χ1n) is 9.67. The van der Waals surface area contributed by atoms with Gasteiger partial charge in [-0.3, -0.25) is 9.59 Å². The third-order valence-electron chi connectivity index (χ3n) is 5.14. The summed E-state index contributed by atoms with van der Waals surface area (Å²) >= 11 is 0. The van der Waals surface area contributed by atoms with Crippen molar-refractivity contribution in [3.8, 4) is 0 Å². The summed E-state index contributed by atoms with van der Waals surface area (Å²) in [7, 11) is 0. The Morgan fingerprint density at radius 2 is 1.43 bits per heavy atom. The Balaban J connectivity index is 1.46. The van der Waals surface area contributed by atoms with Crippen molar-refractivity contribution in [2.45, 2.75) is 12.8 Å². The van der Waals surface area contributed by atoms with Crippen molar-refractivity contribution in [1.29, 1.82) is 0 Å². The summed E-state index contributed by atoms with van der Waals surface area (Å²) in [6.45, 7) is 0.681. The Hall–Kier alpha value is -3.93. The molecule has 0 saturated carbocycles. The highest BCUT2D eigenvalue weighted by Gasteiger charge is 2.23. The Morgan fingerprint density at radius 3 is 2.13 bits per heavy atom. The molecule has 6 heteroatoms. The molecule has 1 heterocycles. The molecule has 0 spiro atoms. The number of carbonyl (C=O) groups is 3. The molecule has 1 aliphatic heterocycles. The van der Waals surface area contributed by atoms with Crippen LogP contribution in [0, 0.1) is 0 Å². The van der Waals surface area contributed by atoms with Gasteiger partial charge in [-0.2, -0.15) is 0 Å². The summed E-state index contributed by atoms with van der Waals surface area (Å²) in [6.07, 6.45) is 1.90. The molecule has 6 nitrogen and oxygen atoms in total. The second-order valence-electron chi connectivity index (χ2n) is 7.10. The highest BCUT2D eigenvalue weighted by atomic mass is 16.4. The monoisotopic (exact) mass is 400 g/mol. The SMILES string of the molecule is O=C(O)c1ccc(C(=O)Nc2ccc(C(=O)N3CCCc4ccccc43)cc2)cc1. The number of para-hydroxylation sites is 1. The van der Waals surface area contributed by atoms with Crippen LogP contribution < -0.4 is 10.2 Å². The fourth-order valence-electron chi connectivity index (χ4n) is 3.56. The number of hydrogen-bond acceptors (Lipinski definition) is 3. The summed E-state index contributed by atoms with van der Waals surface area (Å²) in [5.74, 6) is -1.46. The summed E-state index contributed by atoms with van der Waals surface area (Å²) < 4.78 is 0. The van der Waals surface area contributed by atoms with E-state index in [1.165, 1.54) is 29.8 Å². The van der Waals surface area contributed by atoms with E-state index in [0.717, 1.165) is 18.5 Å². The van der Waals surface area contributed by atoms with Gasteiger partial charge >= 0.3 is 5.97 Å². The van der Waals surface area contributed by atoms with E-state index in [4.69, 9.17) is 5.11 Å². The van der Waals surface area contributed by atoms with Crippen LogP contribution in [0.15, 0.2) is 72.8 Å². The molecule has 0 fully saturated rings. The molecule has 0 aliphatic carbocycles. The normalized spacial score (nSPS) is 12.7. The lowest BCUT2D eigenvalue weighted by molar-refractivity contribution is 0.0696. The summed E-state index contributed by atoms with van der Waals surface area (Å²) in [5.41, 5.74) is 3.71. The number of carbonyl (C=O) groups excluding carboxylic acids is 2. The van der Waals surface area contributed by atoms with Gasteiger partial charge in [0.15, 0.2) is 0 Å². The van der Waals surface area contributed by atoms with Gasteiger partial charge in [0.25, 0.3) is 11.8 Å². The van der Waals surface area contributed by atoms with E-state index in [-0.39, 0.29) is 17.4 Å². The van der Waals surface area contributed by atoms with Crippen molar-refractivity contribution in [3.63, 3.8) is 0 Å². The number of amides is 2. The first-order valence-corrected chi connectivity index (χ1v) is 9.67. The van der Waals surface area contributed by atoms with Crippen LogP contribution in [-0.2, 0) is 6.42 Å². The molecule has 0 bridgehead atoms. The number of fused-ring (bicyclic) bond motifs is 1. The number of carboxylic acids is 1. The van der Waals surface area contributed by atoms with Crippen LogP contribution in [0.5, 0.6) is 0 Å². The fraction of sp³-hybridized carbons (Fsp3) is 0.125. The molecular formula is C24H20N2O4. The molecule has 2 amide bonds. The topological polar surface area (TPSA) is 86.7 Å². The standard InChI is InChI=1S/C24H20N2O4/c27-22(17-7-9-19(10-8-17)24(29)30)25-20-13-11-18(12-14-20)23(28)26-15-3-5-16-4-1-2-6-21(16)26/h1-2,4,6-14H,3,5,15H2,(H,25,27)(H,29,30). The molecule has 0 unspecified atom stereocenters. The molecule has 1 aliphatic rings. The van der Waals surface area contributed by atoms with E-state index < -0.39 is 5.97 Å².